The lowest BCUT2D eigenvalue weighted by atomic mass is 10.1. The van der Waals surface area contributed by atoms with Gasteiger partial charge in [0.2, 0.25) is 5.95 Å². The van der Waals surface area contributed by atoms with Gasteiger partial charge in [0.1, 0.15) is 23.1 Å². The maximum Gasteiger partial charge on any atom is 0.416 e. The van der Waals surface area contributed by atoms with E-state index >= 15 is 4.39 Å². The molecule has 4 heterocycles. The molecule has 1 saturated carbocycles. The Morgan fingerprint density at radius 2 is 1.76 bits per heavy atom. The molecule has 2 aliphatic rings. The quantitative estimate of drug-likeness (QED) is 0.331. The van der Waals surface area contributed by atoms with E-state index in [1.807, 2.05) is 22.7 Å². The van der Waals surface area contributed by atoms with Gasteiger partial charge in [-0.2, -0.15) is 23.3 Å². The van der Waals surface area contributed by atoms with Gasteiger partial charge in [0.15, 0.2) is 5.65 Å². The fourth-order valence-corrected chi connectivity index (χ4v) is 4.67. The first-order valence-corrected chi connectivity index (χ1v) is 12.4. The molecule has 2 fully saturated rings. The molecule has 1 aliphatic carbocycles. The number of halogens is 4. The van der Waals surface area contributed by atoms with Gasteiger partial charge < -0.3 is 9.64 Å². The molecule has 0 N–H and O–H groups in total. The van der Waals surface area contributed by atoms with Crippen molar-refractivity contribution in [3.05, 3.63) is 58.9 Å². The summed E-state index contributed by atoms with van der Waals surface area (Å²) in [5.41, 5.74) is 1.54. The van der Waals surface area contributed by atoms with Crippen molar-refractivity contribution in [1.82, 2.24) is 29.7 Å². The summed E-state index contributed by atoms with van der Waals surface area (Å²) in [6.45, 7) is 6.35. The van der Waals surface area contributed by atoms with Gasteiger partial charge in [0, 0.05) is 23.9 Å². The first-order chi connectivity index (χ1) is 18.1. The van der Waals surface area contributed by atoms with Crippen LogP contribution >= 0.6 is 0 Å². The second-order valence-electron chi connectivity index (χ2n) is 9.96. The number of anilines is 1. The third kappa shape index (κ3) is 4.57. The molecule has 1 aromatic carbocycles. The third-order valence-corrected chi connectivity index (χ3v) is 6.94. The van der Waals surface area contributed by atoms with E-state index < -0.39 is 17.6 Å². The molecule has 38 heavy (non-hydrogen) atoms. The Morgan fingerprint density at radius 3 is 2.47 bits per heavy atom. The average molecular weight is 528 g/mol. The predicted molar refractivity (Wildman–Crippen MR) is 131 cm³/mol. The van der Waals surface area contributed by atoms with Crippen molar-refractivity contribution < 1.29 is 22.3 Å². The Balaban J connectivity index is 1.43. The number of aryl methyl sites for hydroxylation is 2. The average Bonchev–Trinajstić information content (AvgIpc) is 3.59. The Morgan fingerprint density at radius 1 is 1.00 bits per heavy atom. The van der Waals surface area contributed by atoms with Gasteiger partial charge in [0.25, 0.3) is 0 Å². The van der Waals surface area contributed by atoms with E-state index in [1.165, 1.54) is 0 Å². The summed E-state index contributed by atoms with van der Waals surface area (Å²) in [6, 6.07) is 2.83. The number of hydrogen-bond acceptors (Lipinski definition) is 7. The zero-order valence-corrected chi connectivity index (χ0v) is 21.0. The van der Waals surface area contributed by atoms with Crippen LogP contribution < -0.4 is 4.90 Å². The molecule has 12 heteroatoms. The lowest BCUT2D eigenvalue weighted by Gasteiger charge is -2.36. The minimum atomic E-state index is -4.67. The van der Waals surface area contributed by atoms with E-state index in [0.717, 1.165) is 30.5 Å². The minimum absolute atomic E-state index is 0.0871. The molecule has 0 radical (unpaired) electrons. The van der Waals surface area contributed by atoms with E-state index in [4.69, 9.17) is 4.74 Å². The SMILES string of the molecule is Cc1nc2nc(N3C[C@@H](C)O[C@@H](c4cnn(C5CC5)c4)C3)nc(-c3ccc(C(F)(F)F)cc3F)c2nc1C. The number of morpholine rings is 1. The Bertz CT molecular complexity index is 1530. The van der Waals surface area contributed by atoms with Crippen LogP contribution in [0, 0.1) is 19.7 Å². The van der Waals surface area contributed by atoms with Crippen molar-refractivity contribution in [3.8, 4) is 11.3 Å². The van der Waals surface area contributed by atoms with Crippen LogP contribution in [-0.2, 0) is 10.9 Å². The number of aromatic nitrogens is 6. The summed E-state index contributed by atoms with van der Waals surface area (Å²) in [6.07, 6.45) is 0.906. The second-order valence-corrected chi connectivity index (χ2v) is 9.96. The lowest BCUT2D eigenvalue weighted by Crippen LogP contribution is -2.43. The summed E-state index contributed by atoms with van der Waals surface area (Å²) in [4.78, 5) is 20.3. The van der Waals surface area contributed by atoms with Gasteiger partial charge in [-0.15, -0.1) is 0 Å². The summed E-state index contributed by atoms with van der Waals surface area (Å²) in [5.74, 6) is -0.773. The molecule has 0 spiro atoms. The molecule has 1 aliphatic heterocycles. The molecule has 198 valence electrons. The van der Waals surface area contributed by atoms with E-state index in [0.29, 0.717) is 36.6 Å². The molecule has 8 nitrogen and oxygen atoms in total. The molecule has 1 saturated heterocycles. The Kier molecular flexibility index (Phi) is 5.82. The fraction of sp³-hybridized carbons (Fsp3) is 0.423. The van der Waals surface area contributed by atoms with Crippen LogP contribution in [0.1, 0.15) is 54.4 Å². The lowest BCUT2D eigenvalue weighted by molar-refractivity contribution is -0.137. The molecular weight excluding hydrogens is 502 g/mol. The number of hydrogen-bond donors (Lipinski definition) is 0. The minimum Gasteiger partial charge on any atom is -0.367 e. The smallest absolute Gasteiger partial charge is 0.367 e. The predicted octanol–water partition coefficient (Wildman–Crippen LogP) is 5.36. The van der Waals surface area contributed by atoms with E-state index in [-0.39, 0.29) is 40.6 Å². The molecule has 6 rings (SSSR count). The highest BCUT2D eigenvalue weighted by molar-refractivity contribution is 5.88. The Hall–Kier alpha value is -3.67. The van der Waals surface area contributed by atoms with Gasteiger partial charge in [-0.1, -0.05) is 0 Å². The molecule has 0 unspecified atom stereocenters. The number of benzene rings is 1. The number of nitrogens with zero attached hydrogens (tertiary/aromatic N) is 7. The number of rotatable bonds is 4. The first-order valence-electron chi connectivity index (χ1n) is 12.4. The van der Waals surface area contributed by atoms with Crippen molar-refractivity contribution in [1.29, 1.82) is 0 Å². The zero-order chi connectivity index (χ0) is 26.8. The van der Waals surface area contributed by atoms with Crippen molar-refractivity contribution in [2.45, 2.75) is 58.0 Å². The standard InChI is InChI=1S/C26H25F4N7O/c1-13-10-36(12-21(38-13)16-9-31-37(11-16)18-5-6-18)25-34-22(23-24(35-25)33-15(3)14(2)32-23)19-7-4-17(8-20(19)27)26(28,29)30/h4,7-9,11,13,18,21H,5-6,10,12H2,1-3H3/t13-,21-/m1/s1. The number of ether oxygens (including phenoxy) is 1. The summed E-state index contributed by atoms with van der Waals surface area (Å²) < 4.78 is 62.8. The highest BCUT2D eigenvalue weighted by Crippen LogP contribution is 2.37. The molecular formula is C26H25F4N7O. The van der Waals surface area contributed by atoms with Gasteiger partial charge >= 0.3 is 6.18 Å². The third-order valence-electron chi connectivity index (χ3n) is 6.94. The largest absolute Gasteiger partial charge is 0.416 e. The van der Waals surface area contributed by atoms with Crippen LogP contribution in [0.2, 0.25) is 0 Å². The summed E-state index contributed by atoms with van der Waals surface area (Å²) in [5, 5.41) is 4.47. The van der Waals surface area contributed by atoms with Gasteiger partial charge in [-0.25, -0.2) is 19.3 Å². The summed E-state index contributed by atoms with van der Waals surface area (Å²) in [7, 11) is 0. The summed E-state index contributed by atoms with van der Waals surface area (Å²) >= 11 is 0. The maximum absolute atomic E-state index is 15.1. The topological polar surface area (TPSA) is 81.9 Å². The van der Waals surface area contributed by atoms with Crippen molar-refractivity contribution in [2.24, 2.45) is 0 Å². The molecule has 2 atom stereocenters. The number of fused-ring (bicyclic) bond motifs is 1. The van der Waals surface area contributed by atoms with Crippen LogP contribution in [0.3, 0.4) is 0 Å². The highest BCUT2D eigenvalue weighted by Gasteiger charge is 2.33. The van der Waals surface area contributed by atoms with E-state index in [1.54, 1.807) is 20.0 Å². The van der Waals surface area contributed by atoms with E-state index in [2.05, 4.69) is 25.0 Å². The highest BCUT2D eigenvalue weighted by atomic mass is 19.4. The van der Waals surface area contributed by atoms with Crippen LogP contribution in [0.4, 0.5) is 23.5 Å². The first kappa shape index (κ1) is 24.7. The monoisotopic (exact) mass is 527 g/mol. The molecule has 0 bridgehead atoms. The van der Waals surface area contributed by atoms with Gasteiger partial charge in [-0.05, 0) is 51.8 Å². The number of alkyl halides is 3. The van der Waals surface area contributed by atoms with Crippen molar-refractivity contribution in [2.75, 3.05) is 18.0 Å². The van der Waals surface area contributed by atoms with Crippen LogP contribution in [0.5, 0.6) is 0 Å². The van der Waals surface area contributed by atoms with Crippen LogP contribution in [-0.4, -0.2) is 48.9 Å². The Labute approximate surface area is 215 Å². The van der Waals surface area contributed by atoms with Gasteiger partial charge in [0.05, 0.1) is 41.8 Å². The van der Waals surface area contributed by atoms with Crippen molar-refractivity contribution >= 4 is 17.1 Å². The maximum atomic E-state index is 15.1. The molecule has 4 aromatic rings. The van der Waals surface area contributed by atoms with Crippen LogP contribution in [0.15, 0.2) is 30.6 Å². The normalized spacial score (nSPS) is 20.3. The fourth-order valence-electron chi connectivity index (χ4n) is 4.67. The van der Waals surface area contributed by atoms with E-state index in [9.17, 15) is 13.2 Å². The second kappa shape index (κ2) is 8.97. The molecule has 3 aromatic heterocycles. The van der Waals surface area contributed by atoms with Gasteiger partial charge in [-0.3, -0.25) is 4.68 Å². The zero-order valence-electron chi connectivity index (χ0n) is 21.0. The van der Waals surface area contributed by atoms with Crippen molar-refractivity contribution in [3.63, 3.8) is 0 Å². The molecule has 0 amide bonds. The van der Waals surface area contributed by atoms with Crippen LogP contribution in [0.25, 0.3) is 22.4 Å².